The first kappa shape index (κ1) is 20.7. The van der Waals surface area contributed by atoms with Crippen LogP contribution in [0, 0.1) is 5.82 Å². The molecule has 0 N–H and O–H groups in total. The average Bonchev–Trinajstić information content (AvgIpc) is 2.72. The van der Waals surface area contributed by atoms with Crippen molar-refractivity contribution in [2.24, 2.45) is 0 Å². The van der Waals surface area contributed by atoms with Gasteiger partial charge in [0.2, 0.25) is 0 Å². The molecule has 0 unspecified atom stereocenters. The third kappa shape index (κ3) is 5.29. The number of carbonyl (C=O) groups is 1. The maximum absolute atomic E-state index is 13.4. The van der Waals surface area contributed by atoms with Gasteiger partial charge in [-0.1, -0.05) is 42.5 Å². The maximum Gasteiger partial charge on any atom is 0.254 e. The molecule has 0 saturated heterocycles. The molecule has 0 saturated carbocycles. The molecule has 3 rings (SSSR count). The summed E-state index contributed by atoms with van der Waals surface area (Å²) in [5.41, 5.74) is 1.79. The number of carbonyl (C=O) groups excluding carboxylic acids is 1. The van der Waals surface area contributed by atoms with Crippen molar-refractivity contribution in [2.75, 3.05) is 6.54 Å². The van der Waals surface area contributed by atoms with Gasteiger partial charge >= 0.3 is 0 Å². The summed E-state index contributed by atoms with van der Waals surface area (Å²) in [4.78, 5) is 14.7. The molecule has 0 aliphatic heterocycles. The van der Waals surface area contributed by atoms with Gasteiger partial charge in [-0.05, 0) is 54.4 Å². The van der Waals surface area contributed by atoms with Crippen LogP contribution in [-0.4, -0.2) is 25.8 Å². The molecule has 3 aromatic carbocycles. The van der Waals surface area contributed by atoms with E-state index < -0.39 is 9.84 Å². The lowest BCUT2D eigenvalue weighted by Gasteiger charge is -2.21. The summed E-state index contributed by atoms with van der Waals surface area (Å²) < 4.78 is 38.4. The quantitative estimate of drug-likeness (QED) is 0.577. The van der Waals surface area contributed by atoms with Crippen LogP contribution >= 0.6 is 0 Å². The zero-order valence-electron chi connectivity index (χ0n) is 16.1. The summed E-state index contributed by atoms with van der Waals surface area (Å²) >= 11 is 0. The average molecular weight is 411 g/mol. The van der Waals surface area contributed by atoms with Crippen LogP contribution in [0.2, 0.25) is 0 Å². The molecule has 29 heavy (non-hydrogen) atoms. The number of hydrogen-bond donors (Lipinski definition) is 0. The second-order valence-corrected chi connectivity index (χ2v) is 8.71. The van der Waals surface area contributed by atoms with Crippen LogP contribution in [0.25, 0.3) is 0 Å². The number of halogens is 1. The van der Waals surface area contributed by atoms with Crippen LogP contribution in [0.5, 0.6) is 0 Å². The summed E-state index contributed by atoms with van der Waals surface area (Å²) in [5.74, 6) is -0.657. The molecule has 0 radical (unpaired) electrons. The molecule has 1 amide bonds. The lowest BCUT2D eigenvalue weighted by molar-refractivity contribution is 0.0752. The predicted molar refractivity (Wildman–Crippen MR) is 111 cm³/mol. The van der Waals surface area contributed by atoms with Crippen molar-refractivity contribution < 1.29 is 17.6 Å². The van der Waals surface area contributed by atoms with Gasteiger partial charge in [0.1, 0.15) is 5.82 Å². The molecular weight excluding hydrogens is 389 g/mol. The highest BCUT2D eigenvalue weighted by molar-refractivity contribution is 7.90. The van der Waals surface area contributed by atoms with Crippen LogP contribution in [0.15, 0.2) is 83.8 Å². The third-order valence-corrected chi connectivity index (χ3v) is 6.30. The summed E-state index contributed by atoms with van der Waals surface area (Å²) in [7, 11) is -3.44. The molecule has 0 heterocycles. The number of hydrogen-bond acceptors (Lipinski definition) is 3. The van der Waals surface area contributed by atoms with Gasteiger partial charge in [0.25, 0.3) is 5.91 Å². The molecule has 0 spiro atoms. The lowest BCUT2D eigenvalue weighted by Crippen LogP contribution is -2.30. The van der Waals surface area contributed by atoms with E-state index in [4.69, 9.17) is 0 Å². The van der Waals surface area contributed by atoms with Crippen molar-refractivity contribution in [3.63, 3.8) is 0 Å². The van der Waals surface area contributed by atoms with Gasteiger partial charge in [-0.25, -0.2) is 12.8 Å². The first-order valence-corrected chi connectivity index (χ1v) is 10.9. The SMILES string of the molecule is CCN(Cc1cccc(F)c1)C(=O)c1ccc(CS(=O)(=O)c2ccccc2)cc1. The van der Waals surface area contributed by atoms with E-state index in [9.17, 15) is 17.6 Å². The van der Waals surface area contributed by atoms with Crippen LogP contribution in [0.3, 0.4) is 0 Å². The topological polar surface area (TPSA) is 54.5 Å². The molecule has 0 aromatic heterocycles. The Morgan fingerprint density at radius 3 is 2.21 bits per heavy atom. The highest BCUT2D eigenvalue weighted by Gasteiger charge is 2.17. The Morgan fingerprint density at radius 2 is 1.59 bits per heavy atom. The molecule has 3 aromatic rings. The summed E-state index contributed by atoms with van der Waals surface area (Å²) in [6, 6.07) is 21.0. The van der Waals surface area contributed by atoms with Gasteiger partial charge in [-0.3, -0.25) is 4.79 Å². The van der Waals surface area contributed by atoms with E-state index in [0.29, 0.717) is 29.8 Å². The van der Waals surface area contributed by atoms with E-state index in [1.54, 1.807) is 71.6 Å². The zero-order valence-corrected chi connectivity index (χ0v) is 16.9. The van der Waals surface area contributed by atoms with Crippen molar-refractivity contribution in [2.45, 2.75) is 24.1 Å². The number of nitrogens with zero attached hydrogens (tertiary/aromatic N) is 1. The first-order chi connectivity index (χ1) is 13.9. The molecule has 0 fully saturated rings. The Labute approximate surface area is 170 Å². The molecule has 0 atom stereocenters. The fourth-order valence-corrected chi connectivity index (χ4v) is 4.41. The second-order valence-electron chi connectivity index (χ2n) is 6.72. The largest absolute Gasteiger partial charge is 0.335 e. The van der Waals surface area contributed by atoms with Gasteiger partial charge in [-0.15, -0.1) is 0 Å². The molecule has 0 aliphatic carbocycles. The number of amides is 1. The van der Waals surface area contributed by atoms with E-state index in [1.807, 2.05) is 6.92 Å². The Hall–Kier alpha value is -2.99. The van der Waals surface area contributed by atoms with Crippen LogP contribution in [0.1, 0.15) is 28.4 Å². The fraction of sp³-hybridized carbons (Fsp3) is 0.174. The normalized spacial score (nSPS) is 11.2. The van der Waals surface area contributed by atoms with Gasteiger partial charge in [-0.2, -0.15) is 0 Å². The zero-order chi connectivity index (χ0) is 20.9. The Balaban J connectivity index is 1.72. The minimum Gasteiger partial charge on any atom is -0.335 e. The fourth-order valence-electron chi connectivity index (χ4n) is 3.04. The third-order valence-electron chi connectivity index (χ3n) is 4.59. The standard InChI is InChI=1S/C23H22FNO3S/c1-2-25(16-19-7-6-8-21(24)15-19)23(26)20-13-11-18(12-14-20)17-29(27,28)22-9-4-3-5-10-22/h3-15H,2,16-17H2,1H3. The first-order valence-electron chi connectivity index (χ1n) is 9.29. The summed E-state index contributed by atoms with van der Waals surface area (Å²) in [5, 5.41) is 0. The molecule has 150 valence electrons. The lowest BCUT2D eigenvalue weighted by atomic mass is 10.1. The molecule has 6 heteroatoms. The van der Waals surface area contributed by atoms with Crippen molar-refractivity contribution in [1.82, 2.24) is 4.90 Å². The van der Waals surface area contributed by atoms with Crippen LogP contribution < -0.4 is 0 Å². The Morgan fingerprint density at radius 1 is 0.897 bits per heavy atom. The van der Waals surface area contributed by atoms with Crippen molar-refractivity contribution in [3.8, 4) is 0 Å². The van der Waals surface area contributed by atoms with Gasteiger partial charge in [0.05, 0.1) is 10.6 Å². The smallest absolute Gasteiger partial charge is 0.254 e. The Bertz CT molecular complexity index is 1080. The van der Waals surface area contributed by atoms with E-state index in [0.717, 1.165) is 0 Å². The number of benzene rings is 3. The minimum atomic E-state index is -3.44. The van der Waals surface area contributed by atoms with Gasteiger partial charge in [0.15, 0.2) is 9.84 Å². The van der Waals surface area contributed by atoms with E-state index in [-0.39, 0.29) is 22.4 Å². The van der Waals surface area contributed by atoms with E-state index >= 15 is 0 Å². The Kier molecular flexibility index (Phi) is 6.44. The molecule has 4 nitrogen and oxygen atoms in total. The molecular formula is C23H22FNO3S. The second kappa shape index (κ2) is 9.01. The van der Waals surface area contributed by atoms with E-state index in [1.165, 1.54) is 12.1 Å². The van der Waals surface area contributed by atoms with E-state index in [2.05, 4.69) is 0 Å². The highest BCUT2D eigenvalue weighted by atomic mass is 32.2. The van der Waals surface area contributed by atoms with Crippen molar-refractivity contribution in [3.05, 3.63) is 101 Å². The van der Waals surface area contributed by atoms with Crippen LogP contribution in [-0.2, 0) is 22.1 Å². The minimum absolute atomic E-state index is 0.133. The highest BCUT2D eigenvalue weighted by Crippen LogP contribution is 2.18. The molecule has 0 bridgehead atoms. The summed E-state index contributed by atoms with van der Waals surface area (Å²) in [6.45, 7) is 2.63. The van der Waals surface area contributed by atoms with Crippen LogP contribution in [0.4, 0.5) is 4.39 Å². The predicted octanol–water partition coefficient (Wildman–Crippen LogP) is 4.46. The molecule has 0 aliphatic rings. The van der Waals surface area contributed by atoms with Gasteiger partial charge in [0, 0.05) is 18.7 Å². The van der Waals surface area contributed by atoms with Gasteiger partial charge < -0.3 is 4.90 Å². The maximum atomic E-state index is 13.4. The number of sulfone groups is 1. The van der Waals surface area contributed by atoms with Crippen molar-refractivity contribution >= 4 is 15.7 Å². The number of rotatable bonds is 7. The monoisotopic (exact) mass is 411 g/mol. The van der Waals surface area contributed by atoms with Crippen molar-refractivity contribution in [1.29, 1.82) is 0 Å². The summed E-state index contributed by atoms with van der Waals surface area (Å²) in [6.07, 6.45) is 0.